The molecule has 1 aliphatic heterocycles. The summed E-state index contributed by atoms with van der Waals surface area (Å²) in [7, 11) is 0. The van der Waals surface area contributed by atoms with Crippen LogP contribution in [-0.2, 0) is 4.79 Å². The van der Waals surface area contributed by atoms with Crippen LogP contribution in [0.2, 0.25) is 0 Å². The summed E-state index contributed by atoms with van der Waals surface area (Å²) in [6, 6.07) is 17.7. The molecule has 2 aromatic heterocycles. The Morgan fingerprint density at radius 1 is 1.06 bits per heavy atom. The van der Waals surface area contributed by atoms with Crippen LogP contribution in [0.5, 0.6) is 0 Å². The van der Waals surface area contributed by atoms with Crippen LogP contribution in [0.15, 0.2) is 81.8 Å². The Morgan fingerprint density at radius 3 is 2.58 bits per heavy atom. The van der Waals surface area contributed by atoms with E-state index < -0.39 is 23.5 Å². The van der Waals surface area contributed by atoms with E-state index in [-0.39, 0.29) is 11.3 Å². The van der Waals surface area contributed by atoms with Crippen LogP contribution in [0, 0.1) is 13.8 Å². The van der Waals surface area contributed by atoms with Crippen LogP contribution in [0.4, 0.5) is 5.69 Å². The van der Waals surface area contributed by atoms with E-state index in [1.54, 1.807) is 12.1 Å². The Bertz CT molecular complexity index is 1330. The summed E-state index contributed by atoms with van der Waals surface area (Å²) >= 11 is 1.43. The van der Waals surface area contributed by atoms with Gasteiger partial charge in [0.15, 0.2) is 11.5 Å². The number of furan rings is 1. The number of anilines is 1. The molecule has 6 heteroatoms. The fourth-order valence-corrected chi connectivity index (χ4v) is 4.93. The lowest BCUT2D eigenvalue weighted by Crippen LogP contribution is -2.31. The maximum atomic E-state index is 13.5. The fraction of sp³-hybridized carbons (Fsp3) is 0.120. The molecule has 1 atom stereocenters. The molecule has 31 heavy (non-hydrogen) atoms. The van der Waals surface area contributed by atoms with Crippen LogP contribution in [-0.4, -0.2) is 16.8 Å². The quantitative estimate of drug-likeness (QED) is 0.410. The first kappa shape index (κ1) is 19.3. The highest BCUT2D eigenvalue weighted by Crippen LogP contribution is 2.44. The second kappa shape index (κ2) is 7.25. The van der Waals surface area contributed by atoms with Gasteiger partial charge in [0.05, 0.1) is 5.57 Å². The third-order valence-corrected chi connectivity index (χ3v) is 6.45. The van der Waals surface area contributed by atoms with Gasteiger partial charge in [-0.15, -0.1) is 11.3 Å². The van der Waals surface area contributed by atoms with E-state index in [0.717, 1.165) is 21.4 Å². The fourth-order valence-electron chi connectivity index (χ4n) is 4.10. The van der Waals surface area contributed by atoms with Crippen LogP contribution >= 0.6 is 11.3 Å². The summed E-state index contributed by atoms with van der Waals surface area (Å²) in [5.41, 5.74) is 3.23. The molecule has 5 rings (SSSR count). The normalized spacial score (nSPS) is 16.5. The van der Waals surface area contributed by atoms with Gasteiger partial charge >= 0.3 is 0 Å². The Balaban J connectivity index is 1.66. The van der Waals surface area contributed by atoms with Crippen LogP contribution in [0.25, 0.3) is 11.0 Å². The zero-order chi connectivity index (χ0) is 21.7. The number of aliphatic hydroxyl groups excluding tert-OH is 1. The third kappa shape index (κ3) is 3.07. The summed E-state index contributed by atoms with van der Waals surface area (Å²) < 4.78 is 5.75. The van der Waals surface area contributed by atoms with Crippen LogP contribution in [0.1, 0.15) is 32.6 Å². The number of rotatable bonds is 4. The van der Waals surface area contributed by atoms with E-state index in [1.807, 2.05) is 67.8 Å². The molecule has 3 heterocycles. The van der Waals surface area contributed by atoms with Crippen molar-refractivity contribution in [2.24, 2.45) is 0 Å². The maximum absolute atomic E-state index is 13.5. The molecule has 1 N–H and O–H groups in total. The number of amides is 1. The number of carbonyl (C=O) groups excluding carboxylic acids is 2. The number of carbonyl (C=O) groups is 2. The number of benzene rings is 2. The molecule has 0 radical (unpaired) electrons. The highest BCUT2D eigenvalue weighted by molar-refractivity contribution is 7.10. The van der Waals surface area contributed by atoms with Crippen molar-refractivity contribution in [3.05, 3.63) is 99.1 Å². The van der Waals surface area contributed by atoms with E-state index in [1.165, 1.54) is 16.2 Å². The monoisotopic (exact) mass is 429 g/mol. The van der Waals surface area contributed by atoms with Gasteiger partial charge in [-0.05, 0) is 49.1 Å². The number of aliphatic hydroxyl groups is 1. The van der Waals surface area contributed by atoms with E-state index in [2.05, 4.69) is 0 Å². The molecule has 1 unspecified atom stereocenters. The Hall–Kier alpha value is -3.64. The molecule has 0 bridgehead atoms. The SMILES string of the molecule is Cc1ccc(N2C(=O)C(O)=C(C(=O)c3cc4ccccc4o3)C2c2cccs2)c(C)c1. The topological polar surface area (TPSA) is 70.8 Å². The van der Waals surface area contributed by atoms with Gasteiger partial charge in [0, 0.05) is 16.0 Å². The Morgan fingerprint density at radius 2 is 1.87 bits per heavy atom. The number of thiophene rings is 1. The van der Waals surface area contributed by atoms with E-state index in [0.29, 0.717) is 11.3 Å². The number of nitrogens with zero attached hydrogens (tertiary/aromatic N) is 1. The molecular formula is C25H19NO4S. The lowest BCUT2D eigenvalue weighted by molar-refractivity contribution is -0.117. The molecule has 5 nitrogen and oxygen atoms in total. The smallest absolute Gasteiger partial charge is 0.294 e. The van der Waals surface area contributed by atoms with Crippen molar-refractivity contribution < 1.29 is 19.1 Å². The van der Waals surface area contributed by atoms with E-state index in [4.69, 9.17) is 4.42 Å². The molecule has 1 amide bonds. The highest BCUT2D eigenvalue weighted by Gasteiger charge is 2.46. The third-order valence-electron chi connectivity index (χ3n) is 5.53. The Kier molecular flexibility index (Phi) is 4.52. The number of ketones is 1. The van der Waals surface area contributed by atoms with Gasteiger partial charge in [-0.2, -0.15) is 0 Å². The van der Waals surface area contributed by atoms with Gasteiger partial charge in [0.1, 0.15) is 11.6 Å². The maximum Gasteiger partial charge on any atom is 0.294 e. The minimum atomic E-state index is -0.727. The number of para-hydroxylation sites is 1. The predicted molar refractivity (Wildman–Crippen MR) is 121 cm³/mol. The second-order valence-electron chi connectivity index (χ2n) is 7.62. The van der Waals surface area contributed by atoms with Crippen molar-refractivity contribution in [2.45, 2.75) is 19.9 Å². The van der Waals surface area contributed by atoms with Crippen molar-refractivity contribution >= 4 is 39.7 Å². The predicted octanol–water partition coefficient (Wildman–Crippen LogP) is 5.89. The largest absolute Gasteiger partial charge is 0.503 e. The first-order valence-electron chi connectivity index (χ1n) is 9.86. The van der Waals surface area contributed by atoms with Gasteiger partial charge in [-0.25, -0.2) is 0 Å². The van der Waals surface area contributed by atoms with Crippen molar-refractivity contribution in [3.63, 3.8) is 0 Å². The molecule has 0 aliphatic carbocycles. The van der Waals surface area contributed by atoms with Gasteiger partial charge < -0.3 is 9.52 Å². The Labute approximate surface area is 182 Å². The van der Waals surface area contributed by atoms with Crippen LogP contribution < -0.4 is 4.90 Å². The van der Waals surface area contributed by atoms with E-state index >= 15 is 0 Å². The van der Waals surface area contributed by atoms with Crippen LogP contribution in [0.3, 0.4) is 0 Å². The molecule has 154 valence electrons. The minimum absolute atomic E-state index is 0.0338. The zero-order valence-electron chi connectivity index (χ0n) is 17.0. The first-order chi connectivity index (χ1) is 15.0. The highest BCUT2D eigenvalue weighted by atomic mass is 32.1. The van der Waals surface area contributed by atoms with Crippen molar-refractivity contribution in [2.75, 3.05) is 4.90 Å². The lowest BCUT2D eigenvalue weighted by atomic mass is 9.99. The van der Waals surface area contributed by atoms with Gasteiger partial charge in [0.2, 0.25) is 5.78 Å². The number of Topliss-reactive ketones (excluding diaryl/α,β-unsaturated/α-hetero) is 1. The molecular weight excluding hydrogens is 410 g/mol. The molecule has 1 aliphatic rings. The summed E-state index contributed by atoms with van der Waals surface area (Å²) in [5, 5.41) is 13.5. The van der Waals surface area contributed by atoms with Gasteiger partial charge in [-0.1, -0.05) is 42.0 Å². The summed E-state index contributed by atoms with van der Waals surface area (Å²) in [6.07, 6.45) is 0. The van der Waals surface area contributed by atoms with Crippen molar-refractivity contribution in [1.29, 1.82) is 0 Å². The molecule has 0 fully saturated rings. The summed E-state index contributed by atoms with van der Waals surface area (Å²) in [6.45, 7) is 3.89. The number of hydrogen-bond acceptors (Lipinski definition) is 5. The van der Waals surface area contributed by atoms with Crippen molar-refractivity contribution in [1.82, 2.24) is 0 Å². The molecule has 0 spiro atoms. The number of aryl methyl sites for hydroxylation is 2. The molecule has 0 saturated heterocycles. The molecule has 4 aromatic rings. The average molecular weight is 429 g/mol. The first-order valence-corrected chi connectivity index (χ1v) is 10.7. The number of hydrogen-bond donors (Lipinski definition) is 1. The van der Waals surface area contributed by atoms with Crippen molar-refractivity contribution in [3.8, 4) is 0 Å². The van der Waals surface area contributed by atoms with Gasteiger partial charge in [0.25, 0.3) is 5.91 Å². The molecule has 2 aromatic carbocycles. The minimum Gasteiger partial charge on any atom is -0.503 e. The average Bonchev–Trinajstić information content (AvgIpc) is 3.47. The molecule has 0 saturated carbocycles. The summed E-state index contributed by atoms with van der Waals surface area (Å²) in [5.74, 6) is -1.53. The standard InChI is InChI=1S/C25H19NO4S/c1-14-9-10-17(15(2)12-14)26-22(20-8-5-11-31-20)21(24(28)25(26)29)23(27)19-13-16-6-3-4-7-18(16)30-19/h3-13,22,28H,1-2H3. The van der Waals surface area contributed by atoms with E-state index in [9.17, 15) is 14.7 Å². The second-order valence-corrected chi connectivity index (χ2v) is 8.60. The summed E-state index contributed by atoms with van der Waals surface area (Å²) in [4.78, 5) is 29.0. The number of fused-ring (bicyclic) bond motifs is 1. The zero-order valence-corrected chi connectivity index (χ0v) is 17.8. The van der Waals surface area contributed by atoms with Gasteiger partial charge in [-0.3, -0.25) is 14.5 Å². The lowest BCUT2D eigenvalue weighted by Gasteiger charge is -2.27.